The molecule has 0 bridgehead atoms. The molecule has 3 nitrogen and oxygen atoms in total. The molecule has 0 aliphatic rings. The highest BCUT2D eigenvalue weighted by Crippen LogP contribution is 2.38. The summed E-state index contributed by atoms with van der Waals surface area (Å²) in [6.07, 6.45) is 0.467. The largest absolute Gasteiger partial charge is 0.482 e. The molecule has 0 N–H and O–H groups in total. The normalized spacial score (nSPS) is 11.2. The molecule has 0 spiro atoms. The quantitative estimate of drug-likeness (QED) is 0.412. The molecule has 0 radical (unpaired) electrons. The Morgan fingerprint density at radius 2 is 1.54 bits per heavy atom. The second-order valence-electron chi connectivity index (χ2n) is 6.14. The number of rotatable bonds is 5. The smallest absolute Gasteiger partial charge is 0.169 e. The maximum atomic E-state index is 11.8. The monoisotopic (exact) mass is 407 g/mol. The SMILES string of the molecule is CCC(=O)COc1c(Br)cccc1-n1c2ccccc2c2ccccc21. The number of benzene rings is 3. The lowest BCUT2D eigenvalue weighted by Crippen LogP contribution is -2.11. The van der Waals surface area contributed by atoms with Gasteiger partial charge in [0, 0.05) is 17.2 Å². The van der Waals surface area contributed by atoms with Crippen molar-refractivity contribution < 1.29 is 9.53 Å². The van der Waals surface area contributed by atoms with Gasteiger partial charge in [-0.3, -0.25) is 4.79 Å². The predicted molar refractivity (Wildman–Crippen MR) is 109 cm³/mol. The molecule has 4 heteroatoms. The minimum absolute atomic E-state index is 0.0727. The first-order valence-electron chi connectivity index (χ1n) is 8.62. The van der Waals surface area contributed by atoms with Gasteiger partial charge in [-0.05, 0) is 40.2 Å². The van der Waals surface area contributed by atoms with E-state index in [4.69, 9.17) is 4.74 Å². The number of para-hydroxylation sites is 3. The number of carbonyl (C=O) groups excluding carboxylic acids is 1. The molecule has 0 atom stereocenters. The topological polar surface area (TPSA) is 31.2 Å². The van der Waals surface area contributed by atoms with Gasteiger partial charge in [0.25, 0.3) is 0 Å². The molecule has 0 aliphatic heterocycles. The number of Topliss-reactive ketones (excluding diaryl/α,β-unsaturated/α-hetero) is 1. The molecule has 1 aromatic heterocycles. The van der Waals surface area contributed by atoms with E-state index in [9.17, 15) is 4.79 Å². The number of fused-ring (bicyclic) bond motifs is 3. The summed E-state index contributed by atoms with van der Waals surface area (Å²) in [7, 11) is 0. The van der Waals surface area contributed by atoms with Crippen molar-refractivity contribution in [2.45, 2.75) is 13.3 Å². The highest BCUT2D eigenvalue weighted by Gasteiger charge is 2.17. The van der Waals surface area contributed by atoms with E-state index in [0.717, 1.165) is 21.2 Å². The van der Waals surface area contributed by atoms with Crippen molar-refractivity contribution in [2.75, 3.05) is 6.61 Å². The number of aromatic nitrogens is 1. The van der Waals surface area contributed by atoms with Gasteiger partial charge < -0.3 is 9.30 Å². The first-order chi connectivity index (χ1) is 12.7. The van der Waals surface area contributed by atoms with E-state index in [-0.39, 0.29) is 12.4 Å². The van der Waals surface area contributed by atoms with Crippen molar-refractivity contribution in [3.05, 3.63) is 71.2 Å². The minimum Gasteiger partial charge on any atom is -0.482 e. The van der Waals surface area contributed by atoms with Gasteiger partial charge in [0.1, 0.15) is 6.61 Å². The summed E-state index contributed by atoms with van der Waals surface area (Å²) in [6.45, 7) is 1.92. The van der Waals surface area contributed by atoms with Crippen LogP contribution in [-0.4, -0.2) is 17.0 Å². The molecule has 0 fully saturated rings. The van der Waals surface area contributed by atoms with Gasteiger partial charge in [-0.2, -0.15) is 0 Å². The van der Waals surface area contributed by atoms with Crippen molar-refractivity contribution in [3.8, 4) is 11.4 Å². The zero-order valence-electron chi connectivity index (χ0n) is 14.4. The first kappa shape index (κ1) is 16.9. The molecule has 0 unspecified atom stereocenters. The Morgan fingerprint density at radius 3 is 2.15 bits per heavy atom. The number of nitrogens with zero attached hydrogens (tertiary/aromatic N) is 1. The van der Waals surface area contributed by atoms with Crippen LogP contribution in [0.4, 0.5) is 0 Å². The second-order valence-corrected chi connectivity index (χ2v) is 6.99. The van der Waals surface area contributed by atoms with E-state index < -0.39 is 0 Å². The Labute approximate surface area is 160 Å². The van der Waals surface area contributed by atoms with Crippen LogP contribution in [-0.2, 0) is 4.79 Å². The van der Waals surface area contributed by atoms with Crippen LogP contribution in [0.5, 0.6) is 5.75 Å². The lowest BCUT2D eigenvalue weighted by atomic mass is 10.2. The van der Waals surface area contributed by atoms with Crippen LogP contribution in [0, 0.1) is 0 Å². The number of hydrogen-bond acceptors (Lipinski definition) is 2. The molecule has 1 heterocycles. The zero-order chi connectivity index (χ0) is 18.1. The highest BCUT2D eigenvalue weighted by molar-refractivity contribution is 9.10. The lowest BCUT2D eigenvalue weighted by molar-refractivity contribution is -0.120. The van der Waals surface area contributed by atoms with Gasteiger partial charge in [-0.25, -0.2) is 0 Å². The first-order valence-corrected chi connectivity index (χ1v) is 9.41. The summed E-state index contributed by atoms with van der Waals surface area (Å²) < 4.78 is 8.95. The van der Waals surface area contributed by atoms with Crippen molar-refractivity contribution in [2.24, 2.45) is 0 Å². The Bertz CT molecular complexity index is 1060. The Hall–Kier alpha value is -2.59. The molecule has 4 aromatic rings. The van der Waals surface area contributed by atoms with Gasteiger partial charge >= 0.3 is 0 Å². The summed E-state index contributed by atoms with van der Waals surface area (Å²) >= 11 is 3.58. The Kier molecular flexibility index (Phi) is 4.51. The summed E-state index contributed by atoms with van der Waals surface area (Å²) in [6, 6.07) is 22.6. The third-order valence-electron chi connectivity index (χ3n) is 4.54. The highest BCUT2D eigenvalue weighted by atomic mass is 79.9. The molecule has 0 saturated carbocycles. The van der Waals surface area contributed by atoms with Crippen LogP contribution in [0.3, 0.4) is 0 Å². The van der Waals surface area contributed by atoms with Crippen LogP contribution >= 0.6 is 15.9 Å². The van der Waals surface area contributed by atoms with Crippen molar-refractivity contribution in [1.82, 2.24) is 4.57 Å². The van der Waals surface area contributed by atoms with Crippen LogP contribution in [0.2, 0.25) is 0 Å². The predicted octanol–water partition coefficient (Wildman–Crippen LogP) is 5.90. The van der Waals surface area contributed by atoms with E-state index in [1.807, 2.05) is 37.3 Å². The molecule has 4 rings (SSSR count). The second kappa shape index (κ2) is 6.96. The third-order valence-corrected chi connectivity index (χ3v) is 5.16. The lowest BCUT2D eigenvalue weighted by Gasteiger charge is -2.15. The number of ketones is 1. The minimum atomic E-state index is 0.0727. The van der Waals surface area contributed by atoms with Crippen molar-refractivity contribution >= 4 is 43.5 Å². The average molecular weight is 408 g/mol. The summed E-state index contributed by atoms with van der Waals surface area (Å²) in [5.74, 6) is 0.759. The molecular formula is C22H18BrNO2. The van der Waals surface area contributed by atoms with Crippen molar-refractivity contribution in [3.63, 3.8) is 0 Å². The van der Waals surface area contributed by atoms with Gasteiger partial charge in [-0.15, -0.1) is 0 Å². The molecule has 26 heavy (non-hydrogen) atoms. The van der Waals surface area contributed by atoms with E-state index in [2.05, 4.69) is 56.9 Å². The number of ether oxygens (including phenoxy) is 1. The standard InChI is InChI=1S/C22H18BrNO2/c1-2-15(25)14-26-22-18(23)10-7-13-21(22)24-19-11-5-3-8-16(19)17-9-4-6-12-20(17)24/h3-13H,2,14H2,1H3. The maximum Gasteiger partial charge on any atom is 0.169 e. The Morgan fingerprint density at radius 1 is 0.923 bits per heavy atom. The van der Waals surface area contributed by atoms with Crippen LogP contribution in [0.25, 0.3) is 27.5 Å². The fraction of sp³-hybridized carbons (Fsp3) is 0.136. The molecule has 130 valence electrons. The van der Waals surface area contributed by atoms with Crippen LogP contribution < -0.4 is 4.74 Å². The summed E-state index contributed by atoms with van der Waals surface area (Å²) in [4.78, 5) is 11.8. The van der Waals surface area contributed by atoms with Gasteiger partial charge in [0.15, 0.2) is 11.5 Å². The third kappa shape index (κ3) is 2.80. The maximum absolute atomic E-state index is 11.8. The van der Waals surface area contributed by atoms with Crippen molar-refractivity contribution in [1.29, 1.82) is 0 Å². The molecule has 3 aromatic carbocycles. The summed E-state index contributed by atoms with van der Waals surface area (Å²) in [5.41, 5.74) is 3.14. The van der Waals surface area contributed by atoms with E-state index >= 15 is 0 Å². The average Bonchev–Trinajstić information content (AvgIpc) is 3.01. The number of hydrogen-bond donors (Lipinski definition) is 0. The molecule has 0 amide bonds. The van der Waals surface area contributed by atoms with Gasteiger partial charge in [0.2, 0.25) is 0 Å². The number of halogens is 1. The molecule has 0 saturated heterocycles. The van der Waals surface area contributed by atoms with Gasteiger partial charge in [0.05, 0.1) is 21.2 Å². The summed E-state index contributed by atoms with van der Waals surface area (Å²) in [5, 5.41) is 2.39. The Balaban J connectivity index is 1.98. The fourth-order valence-corrected chi connectivity index (χ4v) is 3.72. The van der Waals surface area contributed by atoms with Crippen LogP contribution in [0.1, 0.15) is 13.3 Å². The fourth-order valence-electron chi connectivity index (χ4n) is 3.25. The van der Waals surface area contributed by atoms with E-state index in [1.165, 1.54) is 10.8 Å². The molecular weight excluding hydrogens is 390 g/mol. The zero-order valence-corrected chi connectivity index (χ0v) is 16.0. The molecule has 0 aliphatic carbocycles. The van der Waals surface area contributed by atoms with Crippen LogP contribution in [0.15, 0.2) is 71.2 Å². The van der Waals surface area contributed by atoms with E-state index in [0.29, 0.717) is 12.2 Å². The van der Waals surface area contributed by atoms with Gasteiger partial charge in [-0.1, -0.05) is 49.4 Å². The van der Waals surface area contributed by atoms with E-state index in [1.54, 1.807) is 0 Å². The number of carbonyl (C=O) groups is 1.